The van der Waals surface area contributed by atoms with E-state index in [1.54, 1.807) is 6.92 Å². The Balaban J connectivity index is 1.56. The first-order valence-electron chi connectivity index (χ1n) is 11.1. The maximum atomic E-state index is 13.4. The predicted molar refractivity (Wildman–Crippen MR) is 124 cm³/mol. The summed E-state index contributed by atoms with van der Waals surface area (Å²) in [6.45, 7) is 4.11. The summed E-state index contributed by atoms with van der Waals surface area (Å²) in [5.41, 5.74) is 2.84. The highest BCUT2D eigenvalue weighted by Crippen LogP contribution is 2.42. The van der Waals surface area contributed by atoms with Gasteiger partial charge in [0.1, 0.15) is 18.3 Å². The third-order valence-corrected chi connectivity index (χ3v) is 6.54. The van der Waals surface area contributed by atoms with Crippen LogP contribution in [-0.4, -0.2) is 24.3 Å². The van der Waals surface area contributed by atoms with Gasteiger partial charge < -0.3 is 14.8 Å². The van der Waals surface area contributed by atoms with E-state index in [1.807, 2.05) is 55.5 Å². The number of ether oxygens (including phenoxy) is 2. The lowest BCUT2D eigenvalue weighted by Crippen LogP contribution is -2.44. The van der Waals surface area contributed by atoms with Gasteiger partial charge in [-0.15, -0.1) is 0 Å². The fourth-order valence-corrected chi connectivity index (χ4v) is 4.75. The normalized spacial score (nSPS) is 22.5. The molecule has 0 saturated carbocycles. The number of rotatable bonds is 6. The van der Waals surface area contributed by atoms with Crippen molar-refractivity contribution in [1.82, 2.24) is 5.32 Å². The zero-order chi connectivity index (χ0) is 23.5. The molecule has 0 bridgehead atoms. The SMILES string of the molecule is CCOC(=O)C1C(=O)C2=C(CC1C)NC(=O)CC2c1ccc(OCc2ccccc2Cl)cc1. The number of carbonyl (C=O) groups excluding carboxylic acids is 3. The molecule has 1 aliphatic heterocycles. The van der Waals surface area contributed by atoms with Crippen LogP contribution in [0.2, 0.25) is 5.02 Å². The number of amides is 1. The van der Waals surface area contributed by atoms with Crippen LogP contribution in [0.4, 0.5) is 0 Å². The number of halogens is 1. The van der Waals surface area contributed by atoms with E-state index in [0.29, 0.717) is 35.1 Å². The van der Waals surface area contributed by atoms with Gasteiger partial charge in [0.2, 0.25) is 5.91 Å². The highest BCUT2D eigenvalue weighted by atomic mass is 35.5. The topological polar surface area (TPSA) is 81.7 Å². The summed E-state index contributed by atoms with van der Waals surface area (Å²) in [7, 11) is 0. The van der Waals surface area contributed by atoms with E-state index in [2.05, 4.69) is 5.32 Å². The molecule has 7 heteroatoms. The molecule has 3 atom stereocenters. The number of hydrogen-bond acceptors (Lipinski definition) is 5. The summed E-state index contributed by atoms with van der Waals surface area (Å²) in [6, 6.07) is 14.8. The Morgan fingerprint density at radius 1 is 1.09 bits per heavy atom. The molecule has 6 nitrogen and oxygen atoms in total. The summed E-state index contributed by atoms with van der Waals surface area (Å²) in [4.78, 5) is 38.3. The lowest BCUT2D eigenvalue weighted by atomic mass is 9.70. The molecule has 2 aromatic rings. The van der Waals surface area contributed by atoms with Crippen LogP contribution in [0.3, 0.4) is 0 Å². The van der Waals surface area contributed by atoms with Gasteiger partial charge >= 0.3 is 5.97 Å². The fraction of sp³-hybridized carbons (Fsp3) is 0.346. The Hall–Kier alpha value is -3.12. The van der Waals surface area contributed by atoms with Crippen molar-refractivity contribution >= 4 is 29.3 Å². The van der Waals surface area contributed by atoms with Crippen LogP contribution in [0, 0.1) is 11.8 Å². The van der Waals surface area contributed by atoms with Crippen molar-refractivity contribution in [1.29, 1.82) is 0 Å². The summed E-state index contributed by atoms with van der Waals surface area (Å²) >= 11 is 6.19. The molecular weight excluding hydrogens is 442 g/mol. The molecule has 1 amide bonds. The predicted octanol–water partition coefficient (Wildman–Crippen LogP) is 4.56. The van der Waals surface area contributed by atoms with Crippen LogP contribution in [-0.2, 0) is 25.7 Å². The van der Waals surface area contributed by atoms with Crippen molar-refractivity contribution < 1.29 is 23.9 Å². The van der Waals surface area contributed by atoms with Crippen molar-refractivity contribution in [3.63, 3.8) is 0 Å². The molecule has 1 N–H and O–H groups in total. The second-order valence-electron chi connectivity index (χ2n) is 8.42. The quantitative estimate of drug-likeness (QED) is 0.497. The van der Waals surface area contributed by atoms with Gasteiger partial charge in [0.05, 0.1) is 6.61 Å². The molecule has 2 aromatic carbocycles. The number of allylic oxidation sites excluding steroid dienone is 2. The van der Waals surface area contributed by atoms with Gasteiger partial charge in [-0.2, -0.15) is 0 Å². The standard InChI is InChI=1S/C26H26ClNO5/c1-3-32-26(31)23-15(2)12-21-24(25(23)30)19(13-22(29)28-21)16-8-10-18(11-9-16)33-14-17-6-4-5-7-20(17)27/h4-11,15,19,23H,3,12-14H2,1-2H3,(H,28,29). The number of hydrogen-bond donors (Lipinski definition) is 1. The lowest BCUT2D eigenvalue weighted by Gasteiger charge is -2.36. The number of Topliss-reactive ketones (excluding diaryl/α,β-unsaturated/α-hetero) is 1. The Kier molecular flexibility index (Phi) is 6.84. The van der Waals surface area contributed by atoms with E-state index < -0.39 is 17.8 Å². The average molecular weight is 468 g/mol. The smallest absolute Gasteiger partial charge is 0.317 e. The Bertz CT molecular complexity index is 1110. The Morgan fingerprint density at radius 3 is 2.52 bits per heavy atom. The largest absolute Gasteiger partial charge is 0.489 e. The number of benzene rings is 2. The number of ketones is 1. The maximum absolute atomic E-state index is 13.4. The molecule has 4 rings (SSSR count). The maximum Gasteiger partial charge on any atom is 0.317 e. The van der Waals surface area contributed by atoms with E-state index >= 15 is 0 Å². The third-order valence-electron chi connectivity index (χ3n) is 6.17. The van der Waals surface area contributed by atoms with E-state index in [0.717, 1.165) is 11.1 Å². The second-order valence-corrected chi connectivity index (χ2v) is 8.83. The highest BCUT2D eigenvalue weighted by molar-refractivity contribution is 6.31. The number of nitrogens with one attached hydrogen (secondary N) is 1. The zero-order valence-electron chi connectivity index (χ0n) is 18.6. The number of carbonyl (C=O) groups is 3. The van der Waals surface area contributed by atoms with Gasteiger partial charge in [-0.1, -0.05) is 48.9 Å². The second kappa shape index (κ2) is 9.79. The monoisotopic (exact) mass is 467 g/mol. The van der Waals surface area contributed by atoms with Crippen molar-refractivity contribution in [3.05, 3.63) is 76.0 Å². The average Bonchev–Trinajstić information content (AvgIpc) is 2.78. The molecule has 2 aliphatic rings. The van der Waals surface area contributed by atoms with Crippen LogP contribution in [0.5, 0.6) is 5.75 Å². The van der Waals surface area contributed by atoms with E-state index in [1.165, 1.54) is 0 Å². The molecule has 3 unspecified atom stereocenters. The molecular formula is C26H26ClNO5. The van der Waals surface area contributed by atoms with Crippen molar-refractivity contribution in [2.75, 3.05) is 6.61 Å². The first kappa shape index (κ1) is 23.1. The molecule has 1 heterocycles. The van der Waals surface area contributed by atoms with Gasteiger partial charge in [0.25, 0.3) is 0 Å². The molecule has 1 aliphatic carbocycles. The van der Waals surface area contributed by atoms with Crippen molar-refractivity contribution in [2.24, 2.45) is 11.8 Å². The summed E-state index contributed by atoms with van der Waals surface area (Å²) in [6.07, 6.45) is 0.597. The van der Waals surface area contributed by atoms with Crippen LogP contribution >= 0.6 is 11.6 Å². The highest BCUT2D eigenvalue weighted by Gasteiger charge is 2.45. The van der Waals surface area contributed by atoms with Gasteiger partial charge in [0, 0.05) is 34.2 Å². The van der Waals surface area contributed by atoms with Gasteiger partial charge in [-0.05, 0) is 43.0 Å². The van der Waals surface area contributed by atoms with E-state index in [-0.39, 0.29) is 30.6 Å². The van der Waals surface area contributed by atoms with Crippen LogP contribution in [0.15, 0.2) is 59.8 Å². The minimum Gasteiger partial charge on any atom is -0.489 e. The van der Waals surface area contributed by atoms with Gasteiger partial charge in [0.15, 0.2) is 5.78 Å². The fourth-order valence-electron chi connectivity index (χ4n) is 4.56. The third kappa shape index (κ3) is 4.81. The minimum atomic E-state index is -0.848. The van der Waals surface area contributed by atoms with Crippen LogP contribution in [0.1, 0.15) is 43.7 Å². The number of esters is 1. The van der Waals surface area contributed by atoms with E-state index in [9.17, 15) is 14.4 Å². The Labute approximate surface area is 197 Å². The molecule has 33 heavy (non-hydrogen) atoms. The van der Waals surface area contributed by atoms with E-state index in [4.69, 9.17) is 21.1 Å². The molecule has 0 aromatic heterocycles. The summed E-state index contributed by atoms with van der Waals surface area (Å²) < 4.78 is 11.0. The van der Waals surface area contributed by atoms with Crippen LogP contribution < -0.4 is 10.1 Å². The van der Waals surface area contributed by atoms with Gasteiger partial charge in [-0.25, -0.2) is 0 Å². The molecule has 0 radical (unpaired) electrons. The summed E-state index contributed by atoms with van der Waals surface area (Å²) in [5, 5.41) is 3.50. The minimum absolute atomic E-state index is 0.132. The van der Waals surface area contributed by atoms with Crippen molar-refractivity contribution in [3.8, 4) is 5.75 Å². The lowest BCUT2D eigenvalue weighted by molar-refractivity contribution is -0.153. The molecule has 0 fully saturated rings. The first-order valence-corrected chi connectivity index (χ1v) is 11.5. The molecule has 0 spiro atoms. The summed E-state index contributed by atoms with van der Waals surface area (Å²) in [5.74, 6) is -1.74. The zero-order valence-corrected chi connectivity index (χ0v) is 19.4. The molecule has 172 valence electrons. The van der Waals surface area contributed by atoms with Crippen LogP contribution in [0.25, 0.3) is 0 Å². The van der Waals surface area contributed by atoms with Gasteiger partial charge in [-0.3, -0.25) is 14.4 Å². The first-order chi connectivity index (χ1) is 15.9. The Morgan fingerprint density at radius 2 is 1.82 bits per heavy atom. The van der Waals surface area contributed by atoms with Crippen molar-refractivity contribution in [2.45, 2.75) is 39.2 Å². The molecule has 0 saturated heterocycles.